The Labute approximate surface area is 145 Å². The number of nitrogens with two attached hydrogens (primary N) is 1. The highest BCUT2D eigenvalue weighted by molar-refractivity contribution is 7.89. The highest BCUT2D eigenvalue weighted by atomic mass is 32.2. The van der Waals surface area contributed by atoms with Crippen LogP contribution in [0, 0.1) is 0 Å². The second-order valence-electron chi connectivity index (χ2n) is 6.71. The van der Waals surface area contributed by atoms with E-state index in [1.807, 2.05) is 0 Å². The van der Waals surface area contributed by atoms with Crippen molar-refractivity contribution in [2.24, 2.45) is 5.14 Å². The van der Waals surface area contributed by atoms with Crippen LogP contribution in [0.3, 0.4) is 0 Å². The SMILES string of the molecule is NS(=O)(=O)c1ccc(N2CCCC(N3CCCC3)C2)c(C(F)(F)F)c1. The van der Waals surface area contributed by atoms with E-state index < -0.39 is 26.7 Å². The van der Waals surface area contributed by atoms with Gasteiger partial charge in [0.2, 0.25) is 10.0 Å². The molecule has 0 radical (unpaired) electrons. The number of hydrogen-bond acceptors (Lipinski definition) is 4. The van der Waals surface area contributed by atoms with Crippen LogP contribution in [-0.2, 0) is 16.2 Å². The van der Waals surface area contributed by atoms with Crippen LogP contribution < -0.4 is 10.0 Å². The fourth-order valence-electron chi connectivity index (χ4n) is 3.77. The molecular formula is C16H22F3N3O2S. The average Bonchev–Trinajstić information content (AvgIpc) is 3.07. The molecule has 0 bridgehead atoms. The summed E-state index contributed by atoms with van der Waals surface area (Å²) in [7, 11) is -4.18. The van der Waals surface area contributed by atoms with Gasteiger partial charge in [0.1, 0.15) is 0 Å². The lowest BCUT2D eigenvalue weighted by Crippen LogP contribution is -2.47. The van der Waals surface area contributed by atoms with Crippen molar-refractivity contribution in [2.45, 2.75) is 42.8 Å². The smallest absolute Gasteiger partial charge is 0.369 e. The van der Waals surface area contributed by atoms with E-state index in [2.05, 4.69) is 4.90 Å². The summed E-state index contributed by atoms with van der Waals surface area (Å²) in [6.45, 7) is 3.05. The molecule has 2 fully saturated rings. The summed E-state index contributed by atoms with van der Waals surface area (Å²) < 4.78 is 63.3. The number of nitrogens with zero attached hydrogens (tertiary/aromatic N) is 2. The predicted molar refractivity (Wildman–Crippen MR) is 88.9 cm³/mol. The minimum Gasteiger partial charge on any atom is -0.369 e. The van der Waals surface area contributed by atoms with Crippen LogP contribution >= 0.6 is 0 Å². The topological polar surface area (TPSA) is 66.6 Å². The molecule has 3 rings (SSSR count). The molecule has 0 spiro atoms. The third-order valence-electron chi connectivity index (χ3n) is 5.00. The monoisotopic (exact) mass is 377 g/mol. The molecule has 5 nitrogen and oxygen atoms in total. The summed E-state index contributed by atoms with van der Waals surface area (Å²) in [4.78, 5) is 3.55. The van der Waals surface area contributed by atoms with E-state index >= 15 is 0 Å². The quantitative estimate of drug-likeness (QED) is 0.879. The molecule has 0 saturated carbocycles. The van der Waals surface area contributed by atoms with Crippen molar-refractivity contribution in [3.8, 4) is 0 Å². The van der Waals surface area contributed by atoms with E-state index in [9.17, 15) is 21.6 Å². The van der Waals surface area contributed by atoms with E-state index in [4.69, 9.17) is 5.14 Å². The highest BCUT2D eigenvalue weighted by Gasteiger charge is 2.37. The van der Waals surface area contributed by atoms with Gasteiger partial charge in [0.15, 0.2) is 0 Å². The first-order chi connectivity index (χ1) is 11.7. The molecule has 0 amide bonds. The van der Waals surface area contributed by atoms with Gasteiger partial charge in [-0.3, -0.25) is 4.90 Å². The van der Waals surface area contributed by atoms with Crippen LogP contribution in [0.1, 0.15) is 31.2 Å². The largest absolute Gasteiger partial charge is 0.418 e. The Morgan fingerprint density at radius 2 is 1.76 bits per heavy atom. The fourth-order valence-corrected chi connectivity index (χ4v) is 4.31. The Morgan fingerprint density at radius 1 is 1.08 bits per heavy atom. The molecule has 0 aliphatic carbocycles. The molecule has 1 unspecified atom stereocenters. The van der Waals surface area contributed by atoms with Gasteiger partial charge in [0, 0.05) is 24.8 Å². The van der Waals surface area contributed by atoms with Crippen molar-refractivity contribution < 1.29 is 21.6 Å². The maximum atomic E-state index is 13.5. The summed E-state index contributed by atoms with van der Waals surface area (Å²) in [6.07, 6.45) is -0.583. The lowest BCUT2D eigenvalue weighted by atomic mass is 10.0. The number of halogens is 3. The first-order valence-corrected chi connectivity index (χ1v) is 9.94. The van der Waals surface area contributed by atoms with Crippen LogP contribution in [0.15, 0.2) is 23.1 Å². The van der Waals surface area contributed by atoms with Gasteiger partial charge >= 0.3 is 6.18 Å². The van der Waals surface area contributed by atoms with Gasteiger partial charge in [-0.05, 0) is 57.0 Å². The molecule has 1 atom stereocenters. The zero-order chi connectivity index (χ0) is 18.2. The minimum absolute atomic E-state index is 0.0313. The summed E-state index contributed by atoms with van der Waals surface area (Å²) in [5, 5.41) is 4.99. The molecule has 2 aliphatic heterocycles. The second kappa shape index (κ2) is 6.77. The summed E-state index contributed by atoms with van der Waals surface area (Å²) in [6, 6.07) is 3.27. The molecule has 2 aliphatic rings. The lowest BCUT2D eigenvalue weighted by Gasteiger charge is -2.39. The molecule has 2 N–H and O–H groups in total. The maximum Gasteiger partial charge on any atom is 0.418 e. The average molecular weight is 377 g/mol. The van der Waals surface area contributed by atoms with Crippen LogP contribution in [0.25, 0.3) is 0 Å². The van der Waals surface area contributed by atoms with Crippen LogP contribution in [-0.4, -0.2) is 45.5 Å². The Kier molecular flexibility index (Phi) is 5.00. The number of hydrogen-bond donors (Lipinski definition) is 1. The number of anilines is 1. The lowest BCUT2D eigenvalue weighted by molar-refractivity contribution is -0.137. The number of rotatable bonds is 3. The molecular weight excluding hydrogens is 355 g/mol. The van der Waals surface area contributed by atoms with Gasteiger partial charge in [-0.1, -0.05) is 0 Å². The van der Waals surface area contributed by atoms with Gasteiger partial charge in [-0.25, -0.2) is 13.6 Å². The standard InChI is InChI=1S/C16H22F3N3O2S/c17-16(18,19)14-10-13(25(20,23)24)5-6-15(14)22-9-3-4-12(11-22)21-7-1-2-8-21/h5-6,10,12H,1-4,7-9,11H2,(H2,20,23,24). The zero-order valence-corrected chi connectivity index (χ0v) is 14.6. The van der Waals surface area contributed by atoms with E-state index in [1.165, 1.54) is 6.07 Å². The summed E-state index contributed by atoms with van der Waals surface area (Å²) in [5.41, 5.74) is -0.912. The predicted octanol–water partition coefficient (Wildman–Crippen LogP) is 2.42. The molecule has 0 aromatic heterocycles. The minimum atomic E-state index is -4.64. The normalized spacial score (nSPS) is 23.2. The van der Waals surface area contributed by atoms with Crippen LogP contribution in [0.4, 0.5) is 18.9 Å². The Hall–Kier alpha value is -1.32. The van der Waals surface area contributed by atoms with Crippen molar-refractivity contribution in [3.63, 3.8) is 0 Å². The van der Waals surface area contributed by atoms with Crippen molar-refractivity contribution >= 4 is 15.7 Å². The zero-order valence-electron chi connectivity index (χ0n) is 13.8. The Bertz CT molecular complexity index is 731. The third kappa shape index (κ3) is 4.09. The molecule has 1 aromatic carbocycles. The Balaban J connectivity index is 1.92. The van der Waals surface area contributed by atoms with Crippen LogP contribution in [0.2, 0.25) is 0 Å². The van der Waals surface area contributed by atoms with Gasteiger partial charge < -0.3 is 4.90 Å². The first-order valence-electron chi connectivity index (χ1n) is 8.39. The number of piperidine rings is 1. The Morgan fingerprint density at radius 3 is 2.36 bits per heavy atom. The maximum absolute atomic E-state index is 13.5. The fraction of sp³-hybridized carbons (Fsp3) is 0.625. The number of likely N-dealkylation sites (tertiary alicyclic amines) is 1. The highest BCUT2D eigenvalue weighted by Crippen LogP contribution is 2.39. The van der Waals surface area contributed by atoms with E-state index in [0.717, 1.165) is 44.8 Å². The summed E-state index contributed by atoms with van der Waals surface area (Å²) >= 11 is 0. The van der Waals surface area contributed by atoms with E-state index in [1.54, 1.807) is 4.90 Å². The van der Waals surface area contributed by atoms with Gasteiger partial charge in [-0.2, -0.15) is 13.2 Å². The van der Waals surface area contributed by atoms with E-state index in [-0.39, 0.29) is 11.7 Å². The number of sulfonamides is 1. The molecule has 2 heterocycles. The first kappa shape index (κ1) is 18.5. The molecule has 25 heavy (non-hydrogen) atoms. The number of alkyl halides is 3. The van der Waals surface area contributed by atoms with Crippen molar-refractivity contribution in [1.29, 1.82) is 0 Å². The third-order valence-corrected chi connectivity index (χ3v) is 5.91. The van der Waals surface area contributed by atoms with Crippen molar-refractivity contribution in [1.82, 2.24) is 4.90 Å². The van der Waals surface area contributed by atoms with Gasteiger partial charge in [0.05, 0.1) is 10.5 Å². The summed E-state index contributed by atoms with van der Waals surface area (Å²) in [5.74, 6) is 0. The van der Waals surface area contributed by atoms with Crippen molar-refractivity contribution in [2.75, 3.05) is 31.1 Å². The molecule has 2 saturated heterocycles. The second-order valence-corrected chi connectivity index (χ2v) is 8.27. The van der Waals surface area contributed by atoms with Gasteiger partial charge in [-0.15, -0.1) is 0 Å². The number of benzene rings is 1. The molecule has 140 valence electrons. The number of primary sulfonamides is 1. The molecule has 9 heteroatoms. The van der Waals surface area contributed by atoms with Gasteiger partial charge in [0.25, 0.3) is 0 Å². The van der Waals surface area contributed by atoms with Crippen molar-refractivity contribution in [3.05, 3.63) is 23.8 Å². The van der Waals surface area contributed by atoms with E-state index in [0.29, 0.717) is 19.2 Å². The molecule has 1 aromatic rings. The van der Waals surface area contributed by atoms with Crippen LogP contribution in [0.5, 0.6) is 0 Å².